The normalized spacial score (nSPS) is 16.4. The van der Waals surface area contributed by atoms with Gasteiger partial charge in [0.2, 0.25) is 0 Å². The van der Waals surface area contributed by atoms with Crippen molar-refractivity contribution in [3.63, 3.8) is 0 Å². The number of rotatable bonds is 7. The lowest BCUT2D eigenvalue weighted by molar-refractivity contribution is 0.310. The number of methoxy groups -OCH3 is 1. The van der Waals surface area contributed by atoms with Gasteiger partial charge in [-0.05, 0) is 51.3 Å². The number of fused-ring (bicyclic) bond motifs is 1. The highest BCUT2D eigenvalue weighted by atomic mass is 16.5. The Labute approximate surface area is 166 Å². The van der Waals surface area contributed by atoms with Crippen molar-refractivity contribution in [2.75, 3.05) is 20.3 Å². The summed E-state index contributed by atoms with van der Waals surface area (Å²) in [4.78, 5) is 9.35. The Hall–Kier alpha value is -2.77. The van der Waals surface area contributed by atoms with E-state index in [1.54, 1.807) is 7.11 Å². The fourth-order valence-electron chi connectivity index (χ4n) is 3.35. The smallest absolute Gasteiger partial charge is 0.192 e. The van der Waals surface area contributed by atoms with Crippen LogP contribution < -0.4 is 20.1 Å². The number of guanidine groups is 1. The zero-order valence-electron chi connectivity index (χ0n) is 17.2. The van der Waals surface area contributed by atoms with E-state index < -0.39 is 0 Å². The number of aryl methyl sites for hydroxylation is 2. The molecule has 2 heterocycles. The van der Waals surface area contributed by atoms with Gasteiger partial charge >= 0.3 is 0 Å². The Balaban J connectivity index is 1.74. The van der Waals surface area contributed by atoms with Crippen molar-refractivity contribution in [3.8, 4) is 11.5 Å². The zero-order chi connectivity index (χ0) is 19.9. The van der Waals surface area contributed by atoms with Crippen molar-refractivity contribution >= 4 is 5.96 Å². The molecule has 0 fully saturated rings. The standard InChI is InChI=1S/C20H30N6O2/c1-5-21-20(24-16-8-7-11-26-19(16)23-14(3)25-26)22-13-15-9-10-17(27-4)18(12-15)28-6-2/h9-10,12,16H,5-8,11,13H2,1-4H3,(H2,21,22,24). The lowest BCUT2D eigenvalue weighted by atomic mass is 10.1. The summed E-state index contributed by atoms with van der Waals surface area (Å²) in [7, 11) is 1.65. The van der Waals surface area contributed by atoms with Crippen LogP contribution in [0.3, 0.4) is 0 Å². The molecule has 2 aromatic rings. The van der Waals surface area contributed by atoms with Gasteiger partial charge in [-0.15, -0.1) is 0 Å². The van der Waals surface area contributed by atoms with E-state index in [9.17, 15) is 0 Å². The van der Waals surface area contributed by atoms with Gasteiger partial charge in [0.05, 0.1) is 26.3 Å². The molecule has 8 nitrogen and oxygen atoms in total. The number of nitrogens with one attached hydrogen (secondary N) is 2. The Kier molecular flexibility index (Phi) is 6.73. The quantitative estimate of drug-likeness (QED) is 0.562. The summed E-state index contributed by atoms with van der Waals surface area (Å²) in [5.41, 5.74) is 1.06. The first-order valence-corrected chi connectivity index (χ1v) is 9.90. The van der Waals surface area contributed by atoms with Crippen molar-refractivity contribution in [2.24, 2.45) is 4.99 Å². The number of hydrogen-bond acceptors (Lipinski definition) is 5. The van der Waals surface area contributed by atoms with Crippen molar-refractivity contribution in [1.29, 1.82) is 0 Å². The predicted molar refractivity (Wildman–Crippen MR) is 109 cm³/mol. The lowest BCUT2D eigenvalue weighted by Crippen LogP contribution is -2.41. The van der Waals surface area contributed by atoms with E-state index in [1.165, 1.54) is 0 Å². The molecule has 8 heteroatoms. The maximum Gasteiger partial charge on any atom is 0.192 e. The van der Waals surface area contributed by atoms with Crippen LogP contribution in [0.1, 0.15) is 49.9 Å². The molecule has 2 N–H and O–H groups in total. The third-order valence-corrected chi connectivity index (χ3v) is 4.58. The number of nitrogens with zero attached hydrogens (tertiary/aromatic N) is 4. The van der Waals surface area contributed by atoms with Gasteiger partial charge in [0.25, 0.3) is 0 Å². The molecule has 0 saturated heterocycles. The van der Waals surface area contributed by atoms with Crippen LogP contribution in [0.4, 0.5) is 0 Å². The van der Waals surface area contributed by atoms with E-state index in [0.717, 1.165) is 60.6 Å². The number of aromatic nitrogens is 3. The molecule has 1 aromatic heterocycles. The second-order valence-electron chi connectivity index (χ2n) is 6.69. The second-order valence-corrected chi connectivity index (χ2v) is 6.69. The molecule has 0 saturated carbocycles. The highest BCUT2D eigenvalue weighted by molar-refractivity contribution is 5.80. The Morgan fingerprint density at radius 3 is 2.93 bits per heavy atom. The molecule has 1 aromatic carbocycles. The second kappa shape index (κ2) is 9.43. The highest BCUT2D eigenvalue weighted by Crippen LogP contribution is 2.28. The molecule has 0 amide bonds. The molecule has 3 rings (SSSR count). The van der Waals surface area contributed by atoms with Crippen molar-refractivity contribution in [1.82, 2.24) is 25.4 Å². The Bertz CT molecular complexity index is 817. The van der Waals surface area contributed by atoms with E-state index in [1.807, 2.05) is 36.7 Å². The molecule has 1 aliphatic rings. The average Bonchev–Trinajstić information content (AvgIpc) is 3.08. The van der Waals surface area contributed by atoms with Crippen LogP contribution in [0.25, 0.3) is 0 Å². The van der Waals surface area contributed by atoms with Crippen LogP contribution in [0.15, 0.2) is 23.2 Å². The van der Waals surface area contributed by atoms with Gasteiger partial charge in [-0.2, -0.15) is 5.10 Å². The molecule has 1 unspecified atom stereocenters. The number of benzene rings is 1. The van der Waals surface area contributed by atoms with Crippen LogP contribution in [0.5, 0.6) is 11.5 Å². The first-order chi connectivity index (χ1) is 13.6. The fraction of sp³-hybridized carbons (Fsp3) is 0.550. The third kappa shape index (κ3) is 4.74. The van der Waals surface area contributed by atoms with Gasteiger partial charge in [0.1, 0.15) is 11.6 Å². The van der Waals surface area contributed by atoms with Crippen molar-refractivity contribution < 1.29 is 9.47 Å². The molecule has 0 spiro atoms. The maximum atomic E-state index is 5.66. The molecule has 0 bridgehead atoms. The van der Waals surface area contributed by atoms with Gasteiger partial charge in [0.15, 0.2) is 17.5 Å². The van der Waals surface area contributed by atoms with Gasteiger partial charge in [0, 0.05) is 13.1 Å². The van der Waals surface area contributed by atoms with E-state index in [-0.39, 0.29) is 6.04 Å². The van der Waals surface area contributed by atoms with Gasteiger partial charge in [-0.3, -0.25) is 0 Å². The molecule has 0 radical (unpaired) electrons. The van der Waals surface area contributed by atoms with Crippen molar-refractivity contribution in [3.05, 3.63) is 35.4 Å². The summed E-state index contributed by atoms with van der Waals surface area (Å²) in [6.07, 6.45) is 2.09. The minimum absolute atomic E-state index is 0.114. The van der Waals surface area contributed by atoms with Crippen molar-refractivity contribution in [2.45, 2.75) is 52.7 Å². The van der Waals surface area contributed by atoms with Crippen LogP contribution in [0.2, 0.25) is 0 Å². The minimum Gasteiger partial charge on any atom is -0.493 e. The minimum atomic E-state index is 0.114. The fourth-order valence-corrected chi connectivity index (χ4v) is 3.35. The van der Waals surface area contributed by atoms with E-state index in [4.69, 9.17) is 14.5 Å². The summed E-state index contributed by atoms with van der Waals surface area (Å²) < 4.78 is 13.0. The molecule has 0 aliphatic carbocycles. The van der Waals surface area contributed by atoms with Gasteiger partial charge < -0.3 is 20.1 Å². The van der Waals surface area contributed by atoms with E-state index in [0.29, 0.717) is 13.2 Å². The number of aliphatic imine (C=N–C) groups is 1. The molecule has 28 heavy (non-hydrogen) atoms. The third-order valence-electron chi connectivity index (χ3n) is 4.58. The summed E-state index contributed by atoms with van der Waals surface area (Å²) >= 11 is 0. The van der Waals surface area contributed by atoms with Crippen LogP contribution in [-0.4, -0.2) is 41.0 Å². The van der Waals surface area contributed by atoms with Gasteiger partial charge in [-0.1, -0.05) is 6.07 Å². The van der Waals surface area contributed by atoms with E-state index >= 15 is 0 Å². The Morgan fingerprint density at radius 1 is 1.32 bits per heavy atom. The molecule has 1 atom stereocenters. The molecule has 152 valence electrons. The van der Waals surface area contributed by atoms with Crippen LogP contribution in [-0.2, 0) is 13.1 Å². The predicted octanol–water partition coefficient (Wildman–Crippen LogP) is 2.58. The monoisotopic (exact) mass is 386 g/mol. The summed E-state index contributed by atoms with van der Waals surface area (Å²) in [6.45, 7) is 8.80. The van der Waals surface area contributed by atoms with E-state index in [2.05, 4.69) is 27.6 Å². The lowest BCUT2D eigenvalue weighted by Gasteiger charge is -2.25. The number of hydrogen-bond donors (Lipinski definition) is 2. The Morgan fingerprint density at radius 2 is 2.18 bits per heavy atom. The first-order valence-electron chi connectivity index (χ1n) is 9.90. The number of ether oxygens (including phenoxy) is 2. The topological polar surface area (TPSA) is 85.6 Å². The summed E-state index contributed by atoms with van der Waals surface area (Å²) in [6, 6.07) is 6.02. The summed E-state index contributed by atoms with van der Waals surface area (Å²) in [5, 5.41) is 11.3. The summed E-state index contributed by atoms with van der Waals surface area (Å²) in [5.74, 6) is 4.04. The maximum absolute atomic E-state index is 5.66. The largest absolute Gasteiger partial charge is 0.493 e. The molecule has 1 aliphatic heterocycles. The highest BCUT2D eigenvalue weighted by Gasteiger charge is 2.24. The molecular formula is C20H30N6O2. The SMILES string of the molecule is CCNC(=NCc1ccc(OC)c(OCC)c1)NC1CCCn2nc(C)nc21. The van der Waals surface area contributed by atoms with Crippen LogP contribution >= 0.6 is 0 Å². The van der Waals surface area contributed by atoms with Crippen LogP contribution in [0, 0.1) is 6.92 Å². The molecular weight excluding hydrogens is 356 g/mol. The van der Waals surface area contributed by atoms with Gasteiger partial charge in [-0.25, -0.2) is 14.7 Å². The zero-order valence-corrected chi connectivity index (χ0v) is 17.2. The first kappa shape index (κ1) is 20.0. The average molecular weight is 387 g/mol.